The fraction of sp³-hybridized carbons (Fsp3) is 0.107. The van der Waals surface area contributed by atoms with Crippen molar-refractivity contribution in [3.63, 3.8) is 0 Å². The summed E-state index contributed by atoms with van der Waals surface area (Å²) in [4.78, 5) is 34.9. The molecule has 0 saturated heterocycles. The fourth-order valence-corrected chi connectivity index (χ4v) is 4.21. The quantitative estimate of drug-likeness (QED) is 0.293. The number of carbonyl (C=O) groups excluding carboxylic acids is 2. The molecule has 1 unspecified atom stereocenters. The van der Waals surface area contributed by atoms with E-state index in [9.17, 15) is 14.0 Å². The van der Waals surface area contributed by atoms with E-state index in [4.69, 9.17) is 11.6 Å². The molecule has 3 aromatic heterocycles. The lowest BCUT2D eigenvalue weighted by Crippen LogP contribution is -2.27. The summed E-state index contributed by atoms with van der Waals surface area (Å²) in [6.45, 7) is 1.81. The Morgan fingerprint density at radius 2 is 1.77 bits per heavy atom. The second-order valence-corrected chi connectivity index (χ2v) is 9.21. The van der Waals surface area contributed by atoms with Crippen molar-refractivity contribution >= 4 is 29.2 Å². The predicted molar refractivity (Wildman–Crippen MR) is 145 cm³/mol. The molecule has 0 aliphatic carbocycles. The van der Waals surface area contributed by atoms with E-state index < -0.39 is 17.6 Å². The van der Waals surface area contributed by atoms with E-state index in [2.05, 4.69) is 25.7 Å². The van der Waals surface area contributed by atoms with Crippen molar-refractivity contribution in [1.82, 2.24) is 29.6 Å². The number of anilines is 1. The highest BCUT2D eigenvalue weighted by Crippen LogP contribution is 2.28. The van der Waals surface area contributed by atoms with Crippen LogP contribution in [0.25, 0.3) is 16.9 Å². The van der Waals surface area contributed by atoms with Crippen LogP contribution >= 0.6 is 11.6 Å². The van der Waals surface area contributed by atoms with Gasteiger partial charge < -0.3 is 15.2 Å². The van der Waals surface area contributed by atoms with Gasteiger partial charge >= 0.3 is 0 Å². The lowest BCUT2D eigenvalue weighted by molar-refractivity contribution is 0.0933. The smallest absolute Gasteiger partial charge is 0.272 e. The molecule has 2 N–H and O–H groups in total. The van der Waals surface area contributed by atoms with Crippen LogP contribution in [0.1, 0.15) is 39.5 Å². The van der Waals surface area contributed by atoms with Gasteiger partial charge in [0, 0.05) is 31.1 Å². The van der Waals surface area contributed by atoms with E-state index in [1.54, 1.807) is 41.2 Å². The van der Waals surface area contributed by atoms with Crippen molar-refractivity contribution in [2.24, 2.45) is 7.05 Å². The van der Waals surface area contributed by atoms with Crippen LogP contribution in [0.4, 0.5) is 10.2 Å². The molecule has 0 aliphatic heterocycles. The number of para-hydroxylation sites is 1. The lowest BCUT2D eigenvalue weighted by Gasteiger charge is -2.11. The van der Waals surface area contributed by atoms with Crippen LogP contribution < -0.4 is 10.6 Å². The molecular weight excluding hydrogens is 521 g/mol. The lowest BCUT2D eigenvalue weighted by atomic mass is 10.1. The molecule has 0 spiro atoms. The maximum absolute atomic E-state index is 14.7. The van der Waals surface area contributed by atoms with Gasteiger partial charge in [0.1, 0.15) is 11.6 Å². The molecule has 5 aromatic rings. The van der Waals surface area contributed by atoms with Gasteiger partial charge in [-0.05, 0) is 43.3 Å². The topological polar surface area (TPSA) is 107 Å². The molecule has 39 heavy (non-hydrogen) atoms. The zero-order chi connectivity index (χ0) is 27.5. The van der Waals surface area contributed by atoms with Crippen molar-refractivity contribution < 1.29 is 14.0 Å². The highest BCUT2D eigenvalue weighted by Gasteiger charge is 2.22. The number of amides is 2. The Labute approximate surface area is 228 Å². The SMILES string of the molecule is CC(NC(=O)c1cc(NC(=O)c2cc(-c3ccccn3)c(F)cc2Cl)n(-c2ccccc2)n1)c1cn(C)cn1. The molecule has 5 rings (SSSR count). The fourth-order valence-electron chi connectivity index (χ4n) is 3.97. The Balaban J connectivity index is 1.46. The molecule has 0 bridgehead atoms. The third-order valence-corrected chi connectivity index (χ3v) is 6.26. The van der Waals surface area contributed by atoms with Gasteiger partial charge in [0.15, 0.2) is 5.69 Å². The molecule has 11 heteroatoms. The van der Waals surface area contributed by atoms with Crippen LogP contribution in [0.15, 0.2) is 85.5 Å². The van der Waals surface area contributed by atoms with Gasteiger partial charge in [-0.25, -0.2) is 14.1 Å². The van der Waals surface area contributed by atoms with Crippen LogP contribution in [0.2, 0.25) is 5.02 Å². The van der Waals surface area contributed by atoms with Crippen LogP contribution in [-0.4, -0.2) is 36.1 Å². The van der Waals surface area contributed by atoms with Gasteiger partial charge in [-0.15, -0.1) is 0 Å². The predicted octanol–water partition coefficient (Wildman–Crippen LogP) is 5.20. The number of pyridine rings is 1. The Bertz CT molecular complexity index is 1650. The van der Waals surface area contributed by atoms with Gasteiger partial charge in [0.05, 0.1) is 40.0 Å². The number of nitrogens with zero attached hydrogens (tertiary/aromatic N) is 5. The van der Waals surface area contributed by atoms with Crippen molar-refractivity contribution in [1.29, 1.82) is 0 Å². The average molecular weight is 544 g/mol. The van der Waals surface area contributed by atoms with Gasteiger partial charge in [0.2, 0.25) is 0 Å². The van der Waals surface area contributed by atoms with Gasteiger partial charge in [0.25, 0.3) is 11.8 Å². The number of aryl methyl sites for hydroxylation is 1. The molecule has 9 nitrogen and oxygen atoms in total. The van der Waals surface area contributed by atoms with E-state index in [0.717, 1.165) is 6.07 Å². The summed E-state index contributed by atoms with van der Waals surface area (Å²) in [7, 11) is 1.84. The van der Waals surface area contributed by atoms with E-state index >= 15 is 0 Å². The first-order valence-corrected chi connectivity index (χ1v) is 12.3. The van der Waals surface area contributed by atoms with E-state index in [0.29, 0.717) is 17.1 Å². The van der Waals surface area contributed by atoms with Gasteiger partial charge in [-0.2, -0.15) is 5.10 Å². The van der Waals surface area contributed by atoms with Crippen LogP contribution in [0, 0.1) is 5.82 Å². The molecule has 0 saturated carbocycles. The third-order valence-electron chi connectivity index (χ3n) is 5.94. The number of benzene rings is 2. The molecule has 0 fully saturated rings. The molecular formula is C28H23ClFN7O2. The van der Waals surface area contributed by atoms with Crippen LogP contribution in [0.3, 0.4) is 0 Å². The van der Waals surface area contributed by atoms with Crippen molar-refractivity contribution in [3.05, 3.63) is 113 Å². The van der Waals surface area contributed by atoms with Crippen LogP contribution in [0.5, 0.6) is 0 Å². The second-order valence-electron chi connectivity index (χ2n) is 8.80. The summed E-state index contributed by atoms with van der Waals surface area (Å²) in [5, 5.41) is 10.0. The zero-order valence-corrected chi connectivity index (χ0v) is 21.7. The zero-order valence-electron chi connectivity index (χ0n) is 21.0. The molecule has 2 amide bonds. The molecule has 196 valence electrons. The Hall–Kier alpha value is -4.83. The molecule has 1 atom stereocenters. The van der Waals surface area contributed by atoms with E-state index in [1.165, 1.54) is 23.0 Å². The summed E-state index contributed by atoms with van der Waals surface area (Å²) in [5.41, 5.74) is 1.91. The number of halogens is 2. The van der Waals surface area contributed by atoms with Crippen molar-refractivity contribution in [2.75, 3.05) is 5.32 Å². The third kappa shape index (κ3) is 5.55. The number of hydrogen-bond acceptors (Lipinski definition) is 5. The number of rotatable bonds is 7. The number of carbonyl (C=O) groups is 2. The summed E-state index contributed by atoms with van der Waals surface area (Å²) >= 11 is 6.26. The summed E-state index contributed by atoms with van der Waals surface area (Å²) in [6.07, 6.45) is 4.99. The van der Waals surface area contributed by atoms with E-state index in [1.807, 2.05) is 38.4 Å². The van der Waals surface area contributed by atoms with Crippen LogP contribution in [-0.2, 0) is 7.05 Å². The van der Waals surface area contributed by atoms with Gasteiger partial charge in [-0.3, -0.25) is 14.6 Å². The highest BCUT2D eigenvalue weighted by molar-refractivity contribution is 6.34. The Morgan fingerprint density at radius 1 is 1.00 bits per heavy atom. The second kappa shape index (κ2) is 10.9. The Kier molecular flexibility index (Phi) is 7.20. The molecule has 3 heterocycles. The first-order chi connectivity index (χ1) is 18.8. The summed E-state index contributed by atoms with van der Waals surface area (Å²) in [6, 6.07) is 17.6. The Morgan fingerprint density at radius 3 is 2.46 bits per heavy atom. The molecule has 0 radical (unpaired) electrons. The number of imidazole rings is 1. The summed E-state index contributed by atoms with van der Waals surface area (Å²) in [5.74, 6) is -1.44. The van der Waals surface area contributed by atoms with Crippen molar-refractivity contribution in [3.8, 4) is 16.9 Å². The monoisotopic (exact) mass is 543 g/mol. The first kappa shape index (κ1) is 25.8. The molecule has 2 aromatic carbocycles. The maximum Gasteiger partial charge on any atom is 0.272 e. The standard InChI is InChI=1S/C28H23ClFN7O2/c1-17(25-15-36(2)16-32-25)33-28(39)24-14-26(37(35-24)18-8-4-3-5-9-18)34-27(38)19-12-20(22(30)13-21(19)29)23-10-6-7-11-31-23/h3-17H,1-2H3,(H,33,39)(H,34,38). The van der Waals surface area contributed by atoms with Crippen molar-refractivity contribution in [2.45, 2.75) is 13.0 Å². The minimum atomic E-state index is -0.608. The van der Waals surface area contributed by atoms with E-state index in [-0.39, 0.29) is 33.7 Å². The highest BCUT2D eigenvalue weighted by atomic mass is 35.5. The first-order valence-electron chi connectivity index (χ1n) is 12.0. The minimum absolute atomic E-state index is 0.0364. The number of nitrogens with one attached hydrogen (secondary N) is 2. The average Bonchev–Trinajstić information content (AvgIpc) is 3.56. The minimum Gasteiger partial charge on any atom is -0.342 e. The molecule has 0 aliphatic rings. The van der Waals surface area contributed by atoms with Gasteiger partial charge in [-0.1, -0.05) is 35.9 Å². The number of hydrogen-bond donors (Lipinski definition) is 2. The maximum atomic E-state index is 14.7. The largest absolute Gasteiger partial charge is 0.342 e. The number of aromatic nitrogens is 5. The summed E-state index contributed by atoms with van der Waals surface area (Å²) < 4.78 is 17.9. The normalized spacial score (nSPS) is 11.7.